The Labute approximate surface area is 184 Å². The molecule has 166 valence electrons. The molecule has 4 rings (SSSR count). The minimum Gasteiger partial charge on any atom is -0.372 e. The molecule has 31 heavy (non-hydrogen) atoms. The molecule has 0 atom stereocenters. The van der Waals surface area contributed by atoms with E-state index in [1.807, 2.05) is 17.0 Å². The third-order valence-corrected chi connectivity index (χ3v) is 5.77. The number of thiocarbonyl (C=S) groups is 1. The summed E-state index contributed by atoms with van der Waals surface area (Å²) in [5, 5.41) is 5.90. The maximum Gasteiger partial charge on any atom is 0.433 e. The van der Waals surface area contributed by atoms with Gasteiger partial charge in [0.25, 0.3) is 0 Å². The number of alkyl halides is 3. The Morgan fingerprint density at radius 2 is 1.55 bits per heavy atom. The summed E-state index contributed by atoms with van der Waals surface area (Å²) in [6.45, 7) is 3.99. The predicted octanol–water partition coefficient (Wildman–Crippen LogP) is 4.18. The highest BCUT2D eigenvalue weighted by molar-refractivity contribution is 7.80. The van der Waals surface area contributed by atoms with Gasteiger partial charge in [0.05, 0.1) is 0 Å². The Bertz CT molecular complexity index is 906. The molecule has 10 heteroatoms. The fraction of sp³-hybridized carbons (Fsp3) is 0.476. The second-order valence-corrected chi connectivity index (χ2v) is 8.20. The van der Waals surface area contributed by atoms with Gasteiger partial charge in [-0.05, 0) is 55.6 Å². The molecule has 0 bridgehead atoms. The Balaban J connectivity index is 1.38. The smallest absolute Gasteiger partial charge is 0.372 e. The van der Waals surface area contributed by atoms with Crippen molar-refractivity contribution in [1.29, 1.82) is 0 Å². The van der Waals surface area contributed by atoms with E-state index in [-0.39, 0.29) is 16.9 Å². The van der Waals surface area contributed by atoms with E-state index in [0.717, 1.165) is 37.6 Å². The molecule has 1 aromatic carbocycles. The van der Waals surface area contributed by atoms with E-state index in [9.17, 15) is 13.2 Å². The number of anilines is 3. The van der Waals surface area contributed by atoms with Crippen LogP contribution in [0.3, 0.4) is 0 Å². The molecule has 2 saturated heterocycles. The summed E-state index contributed by atoms with van der Waals surface area (Å²) >= 11 is 5.26. The Morgan fingerprint density at radius 3 is 2.16 bits per heavy atom. The van der Waals surface area contributed by atoms with Crippen molar-refractivity contribution >= 4 is 34.8 Å². The van der Waals surface area contributed by atoms with Crippen LogP contribution in [0.4, 0.5) is 30.6 Å². The number of nitrogens with zero attached hydrogens (tertiary/aromatic N) is 4. The van der Waals surface area contributed by atoms with Crippen LogP contribution >= 0.6 is 12.2 Å². The van der Waals surface area contributed by atoms with Gasteiger partial charge in [-0.2, -0.15) is 18.2 Å². The van der Waals surface area contributed by atoms with E-state index < -0.39 is 11.9 Å². The van der Waals surface area contributed by atoms with Gasteiger partial charge < -0.3 is 20.4 Å². The molecule has 0 spiro atoms. The topological polar surface area (TPSA) is 56.3 Å². The van der Waals surface area contributed by atoms with Gasteiger partial charge in [-0.3, -0.25) is 0 Å². The molecule has 2 aliphatic rings. The first-order valence-electron chi connectivity index (χ1n) is 10.5. The lowest BCUT2D eigenvalue weighted by Gasteiger charge is -2.19. The van der Waals surface area contributed by atoms with Crippen LogP contribution in [0.15, 0.2) is 30.3 Å². The van der Waals surface area contributed by atoms with Crippen LogP contribution in [-0.2, 0) is 12.7 Å². The minimum atomic E-state index is -4.56. The number of halogens is 3. The third-order valence-electron chi connectivity index (χ3n) is 5.52. The molecule has 0 unspecified atom stereocenters. The van der Waals surface area contributed by atoms with E-state index in [0.29, 0.717) is 19.6 Å². The number of benzene rings is 1. The highest BCUT2D eigenvalue weighted by Gasteiger charge is 2.34. The zero-order valence-electron chi connectivity index (χ0n) is 17.1. The second kappa shape index (κ2) is 9.25. The van der Waals surface area contributed by atoms with Crippen molar-refractivity contribution in [2.24, 2.45) is 0 Å². The maximum atomic E-state index is 13.3. The van der Waals surface area contributed by atoms with Gasteiger partial charge >= 0.3 is 6.18 Å². The normalized spacial score (nSPS) is 16.6. The number of rotatable bonds is 5. The number of aromatic nitrogens is 2. The molecule has 2 aromatic rings. The summed E-state index contributed by atoms with van der Waals surface area (Å²) in [5.41, 5.74) is 1.25. The zero-order valence-corrected chi connectivity index (χ0v) is 17.9. The molecule has 6 nitrogen and oxygen atoms in total. The van der Waals surface area contributed by atoms with Crippen LogP contribution in [0, 0.1) is 0 Å². The van der Waals surface area contributed by atoms with Crippen molar-refractivity contribution < 1.29 is 13.2 Å². The van der Waals surface area contributed by atoms with Crippen molar-refractivity contribution in [2.75, 3.05) is 41.3 Å². The van der Waals surface area contributed by atoms with Gasteiger partial charge in [-0.15, -0.1) is 0 Å². The van der Waals surface area contributed by atoms with Gasteiger partial charge in [0.1, 0.15) is 5.82 Å². The van der Waals surface area contributed by atoms with Crippen LogP contribution in [0.1, 0.15) is 36.9 Å². The van der Waals surface area contributed by atoms with Crippen molar-refractivity contribution in [3.8, 4) is 0 Å². The number of hydrogen-bond acceptors (Lipinski definition) is 5. The standard InChI is InChI=1S/C21H25F3N6S/c22-21(23,24)17-13-18(30-11-3-4-12-30)27-19(26-17)28-20(31)25-14-15-5-7-16(8-6-15)29-9-1-2-10-29/h5-8,13H,1-4,9-12,14H2,(H2,25,26,27,28,31). The Morgan fingerprint density at radius 1 is 0.935 bits per heavy atom. The van der Waals surface area contributed by atoms with Gasteiger partial charge in [-0.25, -0.2) is 4.98 Å². The molecule has 0 aliphatic carbocycles. The van der Waals surface area contributed by atoms with E-state index in [4.69, 9.17) is 12.2 Å². The fourth-order valence-corrected chi connectivity index (χ4v) is 4.04. The summed E-state index contributed by atoms with van der Waals surface area (Å²) < 4.78 is 39.9. The van der Waals surface area contributed by atoms with Crippen LogP contribution in [-0.4, -0.2) is 41.3 Å². The molecule has 2 aliphatic heterocycles. The quantitative estimate of drug-likeness (QED) is 0.663. The molecule has 2 fully saturated rings. The molecular weight excluding hydrogens is 425 g/mol. The van der Waals surface area contributed by atoms with Crippen LogP contribution in [0.5, 0.6) is 0 Å². The Kier molecular flexibility index (Phi) is 6.45. The summed E-state index contributed by atoms with van der Waals surface area (Å²) in [4.78, 5) is 12.1. The molecular formula is C21H25F3N6S. The number of hydrogen-bond donors (Lipinski definition) is 2. The number of nitrogens with one attached hydrogen (secondary N) is 2. The Hall–Kier alpha value is -2.62. The summed E-state index contributed by atoms with van der Waals surface area (Å²) in [5.74, 6) is 0.112. The van der Waals surface area contributed by atoms with Crippen molar-refractivity contribution in [1.82, 2.24) is 15.3 Å². The summed E-state index contributed by atoms with van der Waals surface area (Å²) in [6.07, 6.45) is -0.240. The van der Waals surface area contributed by atoms with Crippen LogP contribution in [0.25, 0.3) is 0 Å². The van der Waals surface area contributed by atoms with Gasteiger partial charge in [0.15, 0.2) is 10.8 Å². The van der Waals surface area contributed by atoms with Gasteiger partial charge in [-0.1, -0.05) is 12.1 Å². The average molecular weight is 451 g/mol. The molecule has 0 radical (unpaired) electrons. The van der Waals surface area contributed by atoms with Crippen LogP contribution < -0.4 is 20.4 Å². The second-order valence-electron chi connectivity index (χ2n) is 7.80. The molecule has 2 N–H and O–H groups in total. The van der Waals surface area contributed by atoms with E-state index >= 15 is 0 Å². The lowest BCUT2D eigenvalue weighted by Crippen LogP contribution is -2.30. The summed E-state index contributed by atoms with van der Waals surface area (Å²) in [6, 6.07) is 9.20. The van der Waals surface area contributed by atoms with Crippen molar-refractivity contribution in [3.05, 3.63) is 41.6 Å². The first-order chi connectivity index (χ1) is 14.9. The average Bonchev–Trinajstić information content (AvgIpc) is 3.46. The largest absolute Gasteiger partial charge is 0.433 e. The minimum absolute atomic E-state index is 0.154. The lowest BCUT2D eigenvalue weighted by atomic mass is 10.2. The molecule has 0 saturated carbocycles. The third kappa shape index (κ3) is 5.55. The molecule has 0 amide bonds. The molecule has 1 aromatic heterocycles. The SMILES string of the molecule is FC(F)(F)c1cc(N2CCCC2)nc(NC(=S)NCc2ccc(N3CCCC3)cc2)n1. The van der Waals surface area contributed by atoms with E-state index in [1.54, 1.807) is 0 Å². The molecule has 3 heterocycles. The summed E-state index contributed by atoms with van der Waals surface area (Å²) in [7, 11) is 0. The first kappa shape index (κ1) is 21.6. The van der Waals surface area contributed by atoms with E-state index in [2.05, 4.69) is 37.6 Å². The van der Waals surface area contributed by atoms with Crippen molar-refractivity contribution in [2.45, 2.75) is 38.4 Å². The highest BCUT2D eigenvalue weighted by Crippen LogP contribution is 2.31. The van der Waals surface area contributed by atoms with Crippen LogP contribution in [0.2, 0.25) is 0 Å². The maximum absolute atomic E-state index is 13.3. The van der Waals surface area contributed by atoms with Gasteiger partial charge in [0, 0.05) is 44.5 Å². The van der Waals surface area contributed by atoms with Crippen molar-refractivity contribution in [3.63, 3.8) is 0 Å². The lowest BCUT2D eigenvalue weighted by molar-refractivity contribution is -0.141. The fourth-order valence-electron chi connectivity index (χ4n) is 3.87. The van der Waals surface area contributed by atoms with E-state index in [1.165, 1.54) is 18.5 Å². The predicted molar refractivity (Wildman–Crippen MR) is 119 cm³/mol. The zero-order chi connectivity index (χ0) is 21.8. The van der Waals surface area contributed by atoms with Gasteiger partial charge in [0.2, 0.25) is 5.95 Å². The monoisotopic (exact) mass is 450 g/mol. The first-order valence-corrected chi connectivity index (χ1v) is 10.9. The highest BCUT2D eigenvalue weighted by atomic mass is 32.1.